The summed E-state index contributed by atoms with van der Waals surface area (Å²) in [6, 6.07) is 8.41. The van der Waals surface area contributed by atoms with Crippen LogP contribution in [0.4, 0.5) is 0 Å². The molecule has 4 heteroatoms. The molecular formula is C15H20N2OS. The molecule has 1 N–H and O–H groups in total. The minimum absolute atomic E-state index is 0.303. The molecule has 1 fully saturated rings. The monoisotopic (exact) mass is 276 g/mol. The lowest BCUT2D eigenvalue weighted by atomic mass is 9.97. The SMILES string of the molecule is OCCCN1CCC(c2nc3ccccc3s2)CC1. The zero-order valence-electron chi connectivity index (χ0n) is 11.1. The molecule has 3 rings (SSSR count). The smallest absolute Gasteiger partial charge is 0.0970 e. The lowest BCUT2D eigenvalue weighted by Gasteiger charge is -2.30. The van der Waals surface area contributed by atoms with Crippen molar-refractivity contribution in [2.24, 2.45) is 0 Å². The maximum absolute atomic E-state index is 8.87. The fourth-order valence-corrected chi connectivity index (χ4v) is 3.90. The quantitative estimate of drug-likeness (QED) is 0.933. The topological polar surface area (TPSA) is 36.4 Å². The van der Waals surface area contributed by atoms with Gasteiger partial charge in [0.15, 0.2) is 0 Å². The molecule has 1 aromatic heterocycles. The van der Waals surface area contributed by atoms with E-state index >= 15 is 0 Å². The molecule has 2 heterocycles. The molecule has 0 spiro atoms. The van der Waals surface area contributed by atoms with Gasteiger partial charge in [-0.1, -0.05) is 12.1 Å². The summed E-state index contributed by atoms with van der Waals surface area (Å²) in [4.78, 5) is 7.24. The second kappa shape index (κ2) is 5.99. The van der Waals surface area contributed by atoms with E-state index in [0.29, 0.717) is 12.5 Å². The number of hydrogen-bond donors (Lipinski definition) is 1. The van der Waals surface area contributed by atoms with E-state index in [9.17, 15) is 0 Å². The van der Waals surface area contributed by atoms with E-state index in [1.807, 2.05) is 11.3 Å². The van der Waals surface area contributed by atoms with Crippen molar-refractivity contribution in [3.8, 4) is 0 Å². The first-order chi connectivity index (χ1) is 9.36. The lowest BCUT2D eigenvalue weighted by Crippen LogP contribution is -2.34. The van der Waals surface area contributed by atoms with Crippen molar-refractivity contribution in [1.82, 2.24) is 9.88 Å². The highest BCUT2D eigenvalue weighted by atomic mass is 32.1. The number of likely N-dealkylation sites (tertiary alicyclic amines) is 1. The van der Waals surface area contributed by atoms with Crippen LogP contribution in [0.15, 0.2) is 24.3 Å². The molecule has 0 amide bonds. The molecule has 0 aliphatic carbocycles. The summed E-state index contributed by atoms with van der Waals surface area (Å²) in [5.41, 5.74) is 1.14. The molecule has 1 aliphatic heterocycles. The molecule has 1 aromatic carbocycles. The maximum atomic E-state index is 8.87. The van der Waals surface area contributed by atoms with Gasteiger partial charge in [0.25, 0.3) is 0 Å². The first-order valence-corrected chi connectivity index (χ1v) is 7.87. The molecule has 0 bridgehead atoms. The lowest BCUT2D eigenvalue weighted by molar-refractivity contribution is 0.187. The van der Waals surface area contributed by atoms with Gasteiger partial charge in [-0.2, -0.15) is 0 Å². The summed E-state index contributed by atoms with van der Waals surface area (Å²) < 4.78 is 1.31. The number of thiazole rings is 1. The van der Waals surface area contributed by atoms with Crippen molar-refractivity contribution in [3.63, 3.8) is 0 Å². The Hall–Kier alpha value is -0.970. The second-order valence-corrected chi connectivity index (χ2v) is 6.28. The number of hydrogen-bond acceptors (Lipinski definition) is 4. The third-order valence-corrected chi connectivity index (χ3v) is 5.08. The van der Waals surface area contributed by atoms with Gasteiger partial charge >= 0.3 is 0 Å². The molecule has 19 heavy (non-hydrogen) atoms. The number of aromatic nitrogens is 1. The highest BCUT2D eigenvalue weighted by Crippen LogP contribution is 2.33. The predicted octanol–water partition coefficient (Wildman–Crippen LogP) is 2.86. The van der Waals surface area contributed by atoms with Gasteiger partial charge in [-0.15, -0.1) is 11.3 Å². The van der Waals surface area contributed by atoms with E-state index in [4.69, 9.17) is 10.1 Å². The van der Waals surface area contributed by atoms with Gasteiger partial charge in [-0.3, -0.25) is 0 Å². The Morgan fingerprint density at radius 1 is 1.26 bits per heavy atom. The number of nitrogens with zero attached hydrogens (tertiary/aromatic N) is 2. The Labute approximate surface area is 117 Å². The van der Waals surface area contributed by atoms with Crippen LogP contribution in [0.2, 0.25) is 0 Å². The predicted molar refractivity (Wildman–Crippen MR) is 79.7 cm³/mol. The number of aliphatic hydroxyl groups is 1. The third-order valence-electron chi connectivity index (χ3n) is 3.88. The average molecular weight is 276 g/mol. The van der Waals surface area contributed by atoms with Gasteiger partial charge in [-0.05, 0) is 44.5 Å². The van der Waals surface area contributed by atoms with Gasteiger partial charge in [0, 0.05) is 19.1 Å². The summed E-state index contributed by atoms with van der Waals surface area (Å²) in [7, 11) is 0. The molecular weight excluding hydrogens is 256 g/mol. The molecule has 2 aromatic rings. The number of rotatable bonds is 4. The van der Waals surface area contributed by atoms with Gasteiger partial charge < -0.3 is 10.0 Å². The molecule has 1 aliphatic rings. The van der Waals surface area contributed by atoms with Crippen LogP contribution in [0.1, 0.15) is 30.2 Å². The van der Waals surface area contributed by atoms with Gasteiger partial charge in [0.1, 0.15) is 0 Å². The fraction of sp³-hybridized carbons (Fsp3) is 0.533. The summed E-state index contributed by atoms with van der Waals surface area (Å²) in [5, 5.41) is 10.2. The Morgan fingerprint density at radius 2 is 2.05 bits per heavy atom. The Bertz CT molecular complexity index is 499. The molecule has 102 valence electrons. The standard InChI is InChI=1S/C15H20N2OS/c18-11-3-8-17-9-6-12(7-10-17)15-16-13-4-1-2-5-14(13)19-15/h1-2,4-5,12,18H,3,6-11H2. The number of aliphatic hydroxyl groups excluding tert-OH is 1. The van der Waals surface area contributed by atoms with Crippen LogP contribution in [0.25, 0.3) is 10.2 Å². The zero-order valence-corrected chi connectivity index (χ0v) is 11.9. The largest absolute Gasteiger partial charge is 0.396 e. The van der Waals surface area contributed by atoms with Crippen LogP contribution in [0, 0.1) is 0 Å². The fourth-order valence-electron chi connectivity index (χ4n) is 2.76. The zero-order chi connectivity index (χ0) is 13.1. The summed E-state index contributed by atoms with van der Waals surface area (Å²) in [5.74, 6) is 0.628. The number of benzene rings is 1. The Kier molecular flexibility index (Phi) is 4.11. The van der Waals surface area contributed by atoms with Crippen molar-refractivity contribution < 1.29 is 5.11 Å². The highest BCUT2D eigenvalue weighted by Gasteiger charge is 2.22. The van der Waals surface area contributed by atoms with Crippen molar-refractivity contribution in [2.75, 3.05) is 26.2 Å². The third kappa shape index (κ3) is 2.96. The molecule has 0 unspecified atom stereocenters. The van der Waals surface area contributed by atoms with Crippen molar-refractivity contribution >= 4 is 21.6 Å². The number of piperidine rings is 1. The van der Waals surface area contributed by atoms with Crippen LogP contribution in [-0.4, -0.2) is 41.2 Å². The van der Waals surface area contributed by atoms with E-state index in [-0.39, 0.29) is 0 Å². The van der Waals surface area contributed by atoms with Crippen LogP contribution in [0.3, 0.4) is 0 Å². The van der Waals surface area contributed by atoms with Crippen molar-refractivity contribution in [2.45, 2.75) is 25.2 Å². The molecule has 3 nitrogen and oxygen atoms in total. The van der Waals surface area contributed by atoms with Crippen LogP contribution < -0.4 is 0 Å². The maximum Gasteiger partial charge on any atom is 0.0970 e. The summed E-state index contributed by atoms with van der Waals surface area (Å²) in [6.07, 6.45) is 3.29. The highest BCUT2D eigenvalue weighted by molar-refractivity contribution is 7.18. The first kappa shape index (κ1) is 13.0. The number of fused-ring (bicyclic) bond motifs is 1. The van der Waals surface area contributed by atoms with Crippen molar-refractivity contribution in [3.05, 3.63) is 29.3 Å². The molecule has 0 saturated carbocycles. The Balaban J connectivity index is 1.64. The first-order valence-electron chi connectivity index (χ1n) is 7.05. The van der Waals surface area contributed by atoms with Crippen LogP contribution in [-0.2, 0) is 0 Å². The second-order valence-electron chi connectivity index (χ2n) is 5.21. The van der Waals surface area contributed by atoms with E-state index in [2.05, 4.69) is 29.2 Å². The molecule has 0 atom stereocenters. The van der Waals surface area contributed by atoms with Gasteiger partial charge in [0.2, 0.25) is 0 Å². The minimum Gasteiger partial charge on any atom is -0.396 e. The van der Waals surface area contributed by atoms with E-state index in [0.717, 1.165) is 31.6 Å². The average Bonchev–Trinajstić information content (AvgIpc) is 2.89. The summed E-state index contributed by atoms with van der Waals surface area (Å²) >= 11 is 1.85. The van der Waals surface area contributed by atoms with E-state index in [1.165, 1.54) is 22.5 Å². The van der Waals surface area contributed by atoms with Crippen LogP contribution >= 0.6 is 11.3 Å². The van der Waals surface area contributed by atoms with Crippen LogP contribution in [0.5, 0.6) is 0 Å². The normalized spacial score (nSPS) is 18.2. The minimum atomic E-state index is 0.303. The van der Waals surface area contributed by atoms with E-state index < -0.39 is 0 Å². The number of para-hydroxylation sites is 1. The van der Waals surface area contributed by atoms with Gasteiger partial charge in [-0.25, -0.2) is 4.98 Å². The summed E-state index contributed by atoms with van der Waals surface area (Å²) in [6.45, 7) is 3.61. The van der Waals surface area contributed by atoms with E-state index in [1.54, 1.807) is 0 Å². The molecule has 1 saturated heterocycles. The molecule has 0 radical (unpaired) electrons. The Morgan fingerprint density at radius 3 is 2.79 bits per heavy atom. The van der Waals surface area contributed by atoms with Gasteiger partial charge in [0.05, 0.1) is 15.2 Å². The van der Waals surface area contributed by atoms with Crippen molar-refractivity contribution in [1.29, 1.82) is 0 Å².